The summed E-state index contributed by atoms with van der Waals surface area (Å²) in [6.45, 7) is 2.61. The van der Waals surface area contributed by atoms with Gasteiger partial charge in [0.05, 0.1) is 11.1 Å². The van der Waals surface area contributed by atoms with Gasteiger partial charge in [0.15, 0.2) is 17.5 Å². The minimum atomic E-state index is -4.96. The number of phenols is 1. The average Bonchev–Trinajstić information content (AvgIpc) is 3.22. The van der Waals surface area contributed by atoms with Crippen LogP contribution in [0.2, 0.25) is 0 Å². The fourth-order valence-electron chi connectivity index (χ4n) is 3.16. The molecular weight excluding hydrogens is 534 g/mol. The van der Waals surface area contributed by atoms with E-state index in [4.69, 9.17) is 31.0 Å². The van der Waals surface area contributed by atoms with Crippen LogP contribution >= 0.6 is 11.3 Å². The number of nitrogens with two attached hydrogens (primary N) is 2. The molecule has 18 heteroatoms. The number of aromatic hydroxyl groups is 1. The smallest absolute Gasteiger partial charge is 0.418 e. The normalized spacial score (nSPS) is 17.2. The number of hydrogen-bond donors (Lipinski definition) is 6. The van der Waals surface area contributed by atoms with Crippen molar-refractivity contribution in [3.8, 4) is 11.5 Å². The summed E-state index contributed by atoms with van der Waals surface area (Å²) >= 11 is 1.03. The minimum Gasteiger partial charge on any atom is -0.507 e. The van der Waals surface area contributed by atoms with Crippen LogP contribution in [-0.2, 0) is 29.1 Å². The zero-order valence-electron chi connectivity index (χ0n) is 19.4. The Morgan fingerprint density at radius 3 is 2.62 bits per heavy atom. The number of rotatable bonds is 11. The van der Waals surface area contributed by atoms with Crippen molar-refractivity contribution in [2.75, 3.05) is 18.9 Å². The summed E-state index contributed by atoms with van der Waals surface area (Å²) in [6.07, 6.45) is 0. The number of aromatic nitrogens is 1. The van der Waals surface area contributed by atoms with Gasteiger partial charge in [0.2, 0.25) is 0 Å². The first-order valence-corrected chi connectivity index (χ1v) is 12.5. The minimum absolute atomic E-state index is 0.0491. The molecule has 1 atom stereocenters. The maximum absolute atomic E-state index is 12.9. The number of nitrogens with one attached hydrogen (secondary N) is 2. The Balaban J connectivity index is 1.65. The Kier molecular flexibility index (Phi) is 7.86. The van der Waals surface area contributed by atoms with Crippen molar-refractivity contribution in [3.05, 3.63) is 34.8 Å². The lowest BCUT2D eigenvalue weighted by Crippen LogP contribution is -2.76. The molecular formula is C19H23N7O9S2. The summed E-state index contributed by atoms with van der Waals surface area (Å²) in [6, 6.07) is 2.94. The molecule has 3 rings (SSSR count). The van der Waals surface area contributed by atoms with Gasteiger partial charge in [-0.15, -0.1) is 15.6 Å². The van der Waals surface area contributed by atoms with Gasteiger partial charge in [-0.3, -0.25) is 19.6 Å². The lowest BCUT2D eigenvalue weighted by molar-refractivity contribution is -0.218. The first-order chi connectivity index (χ1) is 17.2. The van der Waals surface area contributed by atoms with Gasteiger partial charge in [0.1, 0.15) is 35.7 Å². The highest BCUT2D eigenvalue weighted by Gasteiger charge is 2.58. The Morgan fingerprint density at radius 1 is 1.38 bits per heavy atom. The molecule has 1 saturated heterocycles. The number of nitrogen functional groups attached to an aromatic ring is 2. The Labute approximate surface area is 214 Å². The number of hydroxylamine groups is 2. The average molecular weight is 558 g/mol. The van der Waals surface area contributed by atoms with Crippen LogP contribution in [0.15, 0.2) is 28.7 Å². The number of phenolic OH excluding ortho intramolecular Hbond substituents is 1. The number of anilines is 1. The van der Waals surface area contributed by atoms with E-state index in [9.17, 15) is 23.1 Å². The highest BCUT2D eigenvalue weighted by molar-refractivity contribution is 7.80. The standard InChI is InChI=1S/C19H23N7O9S2/c1-19(2)14(17(29)26(19)35-37(30,31)32)24-16(28)13(11-8-36-18(22)23-11)25-34-6-5-33-9-3-4-10(15(20)21)12(27)7-9/h3-4,7-8,14,27H,5-6H2,1-2H3,(H3,20,21)(H2,22,23)(H,24,28)(H,30,31,32)/t14-/m1/s1. The van der Waals surface area contributed by atoms with E-state index in [0.717, 1.165) is 11.3 Å². The van der Waals surface area contributed by atoms with E-state index in [1.807, 2.05) is 0 Å². The van der Waals surface area contributed by atoms with E-state index >= 15 is 0 Å². The second-order valence-electron chi connectivity index (χ2n) is 7.98. The summed E-state index contributed by atoms with van der Waals surface area (Å²) in [5.41, 5.74) is 9.52. The van der Waals surface area contributed by atoms with Crippen molar-refractivity contribution in [3.63, 3.8) is 0 Å². The van der Waals surface area contributed by atoms with Crippen LogP contribution in [0.5, 0.6) is 11.5 Å². The van der Waals surface area contributed by atoms with Crippen molar-refractivity contribution in [2.24, 2.45) is 10.9 Å². The summed E-state index contributed by atoms with van der Waals surface area (Å²) in [5.74, 6) is -2.09. The number of thiazole rings is 1. The number of ether oxygens (including phenoxy) is 1. The van der Waals surface area contributed by atoms with Gasteiger partial charge in [0, 0.05) is 11.4 Å². The first-order valence-electron chi connectivity index (χ1n) is 10.2. The van der Waals surface area contributed by atoms with Crippen LogP contribution in [0.25, 0.3) is 0 Å². The number of hydrogen-bond acceptors (Lipinski definition) is 13. The molecule has 1 aromatic heterocycles. The third-order valence-electron chi connectivity index (χ3n) is 4.96. The largest absolute Gasteiger partial charge is 0.507 e. The lowest BCUT2D eigenvalue weighted by Gasteiger charge is -2.50. The molecule has 0 unspecified atom stereocenters. The van der Waals surface area contributed by atoms with Crippen molar-refractivity contribution in [1.29, 1.82) is 5.41 Å². The van der Waals surface area contributed by atoms with E-state index in [2.05, 4.69) is 19.7 Å². The van der Waals surface area contributed by atoms with Gasteiger partial charge in [0.25, 0.3) is 11.8 Å². The highest BCUT2D eigenvalue weighted by atomic mass is 32.3. The molecule has 200 valence electrons. The molecule has 2 aromatic rings. The number of amides is 2. The second kappa shape index (κ2) is 10.5. The molecule has 37 heavy (non-hydrogen) atoms. The van der Waals surface area contributed by atoms with Gasteiger partial charge >= 0.3 is 10.4 Å². The number of oxime groups is 1. The van der Waals surface area contributed by atoms with Gasteiger partial charge in [-0.25, -0.2) is 4.98 Å². The third kappa shape index (κ3) is 6.42. The van der Waals surface area contributed by atoms with Crippen molar-refractivity contribution >= 4 is 50.2 Å². The monoisotopic (exact) mass is 557 g/mol. The van der Waals surface area contributed by atoms with E-state index in [1.165, 1.54) is 37.4 Å². The van der Waals surface area contributed by atoms with Gasteiger partial charge in [-0.1, -0.05) is 5.16 Å². The molecule has 0 saturated carbocycles. The quantitative estimate of drug-likeness (QED) is 0.0503. The number of nitrogens with zero attached hydrogens (tertiary/aromatic N) is 3. The van der Waals surface area contributed by atoms with E-state index in [-0.39, 0.29) is 52.6 Å². The fourth-order valence-corrected chi connectivity index (χ4v) is 4.16. The van der Waals surface area contributed by atoms with Gasteiger partial charge in [-0.05, 0) is 26.0 Å². The molecule has 2 amide bonds. The summed E-state index contributed by atoms with van der Waals surface area (Å²) in [4.78, 5) is 34.4. The van der Waals surface area contributed by atoms with Crippen LogP contribution in [0.3, 0.4) is 0 Å². The molecule has 0 aliphatic carbocycles. The molecule has 2 heterocycles. The van der Waals surface area contributed by atoms with Crippen molar-refractivity contribution in [2.45, 2.75) is 25.4 Å². The molecule has 0 radical (unpaired) electrons. The number of amidine groups is 1. The number of carbonyl (C=O) groups excluding carboxylic acids is 2. The molecule has 1 aromatic carbocycles. The van der Waals surface area contributed by atoms with Crippen LogP contribution in [-0.4, -0.2) is 76.3 Å². The van der Waals surface area contributed by atoms with Crippen LogP contribution in [0.1, 0.15) is 25.1 Å². The molecule has 16 nitrogen and oxygen atoms in total. The lowest BCUT2D eigenvalue weighted by atomic mass is 9.84. The SMILES string of the molecule is CC1(C)[C@H](NC(=O)C(=NOCCOc2ccc(C(=N)N)c(O)c2)c2csc(N)n2)C(=O)N1OS(=O)(=O)O. The Morgan fingerprint density at radius 2 is 2.08 bits per heavy atom. The van der Waals surface area contributed by atoms with Crippen molar-refractivity contribution < 1.29 is 41.5 Å². The van der Waals surface area contributed by atoms with E-state index in [0.29, 0.717) is 5.06 Å². The van der Waals surface area contributed by atoms with Crippen molar-refractivity contribution in [1.82, 2.24) is 15.4 Å². The predicted molar refractivity (Wildman–Crippen MR) is 129 cm³/mol. The maximum Gasteiger partial charge on any atom is 0.418 e. The zero-order chi connectivity index (χ0) is 27.5. The van der Waals surface area contributed by atoms with Crippen LogP contribution in [0.4, 0.5) is 5.13 Å². The molecule has 1 aliphatic rings. The Hall–Kier alpha value is -4.00. The first kappa shape index (κ1) is 27.6. The third-order valence-corrected chi connectivity index (χ3v) is 5.97. The zero-order valence-corrected chi connectivity index (χ0v) is 21.0. The van der Waals surface area contributed by atoms with Gasteiger partial charge < -0.3 is 31.5 Å². The number of carbonyl (C=O) groups is 2. The number of β-lactam (4-membered cyclic amide) rings is 1. The Bertz CT molecular complexity index is 1360. The summed E-state index contributed by atoms with van der Waals surface area (Å²) < 4.78 is 40.5. The molecule has 8 N–H and O–H groups in total. The number of benzene rings is 1. The van der Waals surface area contributed by atoms with E-state index in [1.54, 1.807) is 0 Å². The fraction of sp³-hybridized carbons (Fsp3) is 0.316. The molecule has 0 spiro atoms. The van der Waals surface area contributed by atoms with Gasteiger partial charge in [-0.2, -0.15) is 13.5 Å². The summed E-state index contributed by atoms with van der Waals surface area (Å²) in [5, 5.41) is 25.4. The van der Waals surface area contributed by atoms with E-state index < -0.39 is 33.8 Å². The molecule has 1 fully saturated rings. The van der Waals surface area contributed by atoms with Crippen LogP contribution in [0, 0.1) is 5.41 Å². The maximum atomic E-state index is 12.9. The second-order valence-corrected chi connectivity index (χ2v) is 9.87. The predicted octanol–water partition coefficient (Wildman–Crippen LogP) is -0.645. The molecule has 0 bridgehead atoms. The highest BCUT2D eigenvalue weighted by Crippen LogP contribution is 2.33. The topological polar surface area (TPSA) is 253 Å². The summed E-state index contributed by atoms with van der Waals surface area (Å²) in [7, 11) is -4.96. The molecule has 1 aliphatic heterocycles. The van der Waals surface area contributed by atoms with Crippen LogP contribution < -0.4 is 21.5 Å².